The summed E-state index contributed by atoms with van der Waals surface area (Å²) in [5.74, 6) is 2.05. The van der Waals surface area contributed by atoms with Crippen LogP contribution >= 0.6 is 11.6 Å². The Labute approximate surface area is 226 Å². The van der Waals surface area contributed by atoms with Crippen molar-refractivity contribution < 1.29 is 9.47 Å². The molecule has 38 heavy (non-hydrogen) atoms. The molecule has 10 nitrogen and oxygen atoms in total. The Balaban J connectivity index is 1.15. The number of rotatable bonds is 6. The van der Waals surface area contributed by atoms with Gasteiger partial charge >= 0.3 is 0 Å². The van der Waals surface area contributed by atoms with Gasteiger partial charge in [0.05, 0.1) is 43.0 Å². The minimum Gasteiger partial charge on any atom is -0.496 e. The van der Waals surface area contributed by atoms with Crippen LogP contribution in [-0.2, 0) is 0 Å². The zero-order valence-corrected chi connectivity index (χ0v) is 22.4. The first-order valence-electron chi connectivity index (χ1n) is 12.8. The summed E-state index contributed by atoms with van der Waals surface area (Å²) < 4.78 is 12.9. The number of ether oxygens (including phenoxy) is 2. The fraction of sp³-hybridized carbons (Fsp3) is 0.370. The van der Waals surface area contributed by atoms with Crippen LogP contribution in [0, 0.1) is 0 Å². The van der Waals surface area contributed by atoms with Crippen molar-refractivity contribution in [2.24, 2.45) is 0 Å². The van der Waals surface area contributed by atoms with E-state index in [1.165, 1.54) is 0 Å². The predicted molar refractivity (Wildman–Crippen MR) is 150 cm³/mol. The van der Waals surface area contributed by atoms with Crippen LogP contribution in [0.2, 0.25) is 5.02 Å². The van der Waals surface area contributed by atoms with Crippen LogP contribution in [0.5, 0.6) is 11.5 Å². The number of hydrogen-bond donors (Lipinski definition) is 1. The largest absolute Gasteiger partial charge is 0.496 e. The molecule has 6 rings (SSSR count). The van der Waals surface area contributed by atoms with Gasteiger partial charge < -0.3 is 33.9 Å². The molecule has 198 valence electrons. The summed E-state index contributed by atoms with van der Waals surface area (Å²) in [4.78, 5) is 21.1. The van der Waals surface area contributed by atoms with Crippen molar-refractivity contribution in [3.8, 4) is 22.8 Å². The molecule has 2 fully saturated rings. The van der Waals surface area contributed by atoms with Gasteiger partial charge in [-0.15, -0.1) is 0 Å². The van der Waals surface area contributed by atoms with Crippen LogP contribution in [-0.4, -0.2) is 85.9 Å². The van der Waals surface area contributed by atoms with Crippen molar-refractivity contribution in [2.45, 2.75) is 0 Å². The Hall–Kier alpha value is -3.76. The molecule has 0 spiro atoms. The van der Waals surface area contributed by atoms with Crippen molar-refractivity contribution in [2.75, 3.05) is 81.3 Å². The molecule has 11 heteroatoms. The fourth-order valence-electron chi connectivity index (χ4n) is 5.09. The van der Waals surface area contributed by atoms with E-state index in [9.17, 15) is 0 Å². The average Bonchev–Trinajstić information content (AvgIpc) is 3.41. The third kappa shape index (κ3) is 4.77. The molecule has 1 aromatic carbocycles. The first kappa shape index (κ1) is 24.6. The van der Waals surface area contributed by atoms with E-state index >= 15 is 0 Å². The van der Waals surface area contributed by atoms with Crippen molar-refractivity contribution in [3.63, 3.8) is 0 Å². The normalized spacial score (nSPS) is 16.2. The summed E-state index contributed by atoms with van der Waals surface area (Å²) in [5, 5.41) is 3.88. The molecular weight excluding hydrogens is 504 g/mol. The molecule has 0 unspecified atom stereocenters. The van der Waals surface area contributed by atoms with E-state index in [-0.39, 0.29) is 0 Å². The smallest absolute Gasteiger partial charge is 0.225 e. The fourth-order valence-corrected chi connectivity index (χ4v) is 5.33. The number of nitrogens with one attached hydrogen (secondary N) is 1. The van der Waals surface area contributed by atoms with Gasteiger partial charge in [0.1, 0.15) is 17.1 Å². The highest BCUT2D eigenvalue weighted by molar-refractivity contribution is 6.32. The van der Waals surface area contributed by atoms with Gasteiger partial charge in [0.25, 0.3) is 0 Å². The molecule has 3 aromatic heterocycles. The molecular formula is C27H31ClN8O2. The number of piperazine rings is 2. The molecule has 0 aliphatic carbocycles. The van der Waals surface area contributed by atoms with Crippen LogP contribution in [0.3, 0.4) is 0 Å². The van der Waals surface area contributed by atoms with E-state index in [2.05, 4.69) is 42.1 Å². The first-order chi connectivity index (χ1) is 18.6. The lowest BCUT2D eigenvalue weighted by molar-refractivity contribution is 0.395. The molecule has 0 bridgehead atoms. The van der Waals surface area contributed by atoms with E-state index in [0.717, 1.165) is 86.6 Å². The lowest BCUT2D eigenvalue weighted by atomic mass is 10.1. The number of fused-ring (bicyclic) bond motifs is 1. The Bertz CT molecular complexity index is 1410. The van der Waals surface area contributed by atoms with E-state index in [4.69, 9.17) is 26.1 Å². The molecule has 2 aliphatic rings. The minimum atomic E-state index is 0.516. The maximum Gasteiger partial charge on any atom is 0.225 e. The number of methoxy groups -OCH3 is 2. The summed E-state index contributed by atoms with van der Waals surface area (Å²) in [5.41, 5.74) is 4.70. The summed E-state index contributed by atoms with van der Waals surface area (Å²) >= 11 is 6.40. The Morgan fingerprint density at radius 3 is 2.18 bits per heavy atom. The average molecular weight is 535 g/mol. The lowest BCUT2D eigenvalue weighted by Gasteiger charge is -2.37. The van der Waals surface area contributed by atoms with E-state index < -0.39 is 0 Å². The van der Waals surface area contributed by atoms with E-state index in [0.29, 0.717) is 16.5 Å². The minimum absolute atomic E-state index is 0.516. The van der Waals surface area contributed by atoms with E-state index in [1.807, 2.05) is 35.3 Å². The molecule has 0 atom stereocenters. The quantitative estimate of drug-likeness (QED) is 0.401. The third-order valence-electron chi connectivity index (χ3n) is 7.23. The van der Waals surface area contributed by atoms with Crippen LogP contribution in [0.15, 0.2) is 49.1 Å². The van der Waals surface area contributed by atoms with Crippen LogP contribution in [0.4, 0.5) is 17.3 Å². The lowest BCUT2D eigenvalue weighted by Crippen LogP contribution is -2.47. The number of benzene rings is 1. The molecule has 4 aromatic rings. The molecule has 1 N–H and O–H groups in total. The molecule has 2 saturated heterocycles. The van der Waals surface area contributed by atoms with Crippen LogP contribution in [0.25, 0.3) is 16.9 Å². The maximum absolute atomic E-state index is 6.40. The van der Waals surface area contributed by atoms with Crippen molar-refractivity contribution >= 4 is 34.6 Å². The second kappa shape index (κ2) is 10.5. The Morgan fingerprint density at radius 2 is 1.50 bits per heavy atom. The van der Waals surface area contributed by atoms with Gasteiger partial charge in [-0.1, -0.05) is 11.6 Å². The van der Waals surface area contributed by atoms with Gasteiger partial charge in [0.15, 0.2) is 0 Å². The third-order valence-corrected chi connectivity index (χ3v) is 7.52. The summed E-state index contributed by atoms with van der Waals surface area (Å²) in [6.45, 7) is 7.47. The predicted octanol–water partition coefficient (Wildman–Crippen LogP) is 3.20. The highest BCUT2D eigenvalue weighted by Gasteiger charge is 2.21. The van der Waals surface area contributed by atoms with Crippen LogP contribution in [0.1, 0.15) is 0 Å². The highest BCUT2D eigenvalue weighted by Crippen LogP contribution is 2.38. The molecule has 0 saturated carbocycles. The SMILES string of the molecule is COc1cc(OC)c(-c2cn3ccc(N4CCN(c5cnc(N6CCNCC6)nc5)CC4)cc3n2)cc1Cl. The topological polar surface area (TPSA) is 83.3 Å². The summed E-state index contributed by atoms with van der Waals surface area (Å²) in [6, 6.07) is 7.89. The van der Waals surface area contributed by atoms with Crippen molar-refractivity contribution in [1.29, 1.82) is 0 Å². The second-order valence-corrected chi connectivity index (χ2v) is 9.82. The number of halogens is 1. The zero-order chi connectivity index (χ0) is 26.1. The number of anilines is 3. The molecule has 5 heterocycles. The van der Waals surface area contributed by atoms with Gasteiger partial charge in [0, 0.05) is 88.1 Å². The van der Waals surface area contributed by atoms with Gasteiger partial charge in [-0.3, -0.25) is 0 Å². The number of nitrogens with zero attached hydrogens (tertiary/aromatic N) is 7. The maximum atomic E-state index is 6.40. The van der Waals surface area contributed by atoms with Crippen molar-refractivity contribution in [1.82, 2.24) is 24.7 Å². The van der Waals surface area contributed by atoms with Crippen LogP contribution < -0.4 is 29.5 Å². The number of aromatic nitrogens is 4. The highest BCUT2D eigenvalue weighted by atomic mass is 35.5. The monoisotopic (exact) mass is 534 g/mol. The van der Waals surface area contributed by atoms with Crippen molar-refractivity contribution in [3.05, 3.63) is 54.1 Å². The number of imidazole rings is 1. The van der Waals surface area contributed by atoms with Gasteiger partial charge in [-0.25, -0.2) is 15.0 Å². The van der Waals surface area contributed by atoms with Gasteiger partial charge in [0.2, 0.25) is 5.95 Å². The molecule has 0 amide bonds. The van der Waals surface area contributed by atoms with Gasteiger partial charge in [-0.2, -0.15) is 0 Å². The van der Waals surface area contributed by atoms with E-state index in [1.54, 1.807) is 20.3 Å². The first-order valence-corrected chi connectivity index (χ1v) is 13.2. The number of hydrogen-bond acceptors (Lipinski definition) is 9. The second-order valence-electron chi connectivity index (χ2n) is 9.42. The number of pyridine rings is 1. The Morgan fingerprint density at radius 1 is 0.816 bits per heavy atom. The zero-order valence-electron chi connectivity index (χ0n) is 21.6. The standard InChI is InChI=1S/C27H31ClN8O2/c1-37-24-15-25(38-2)22(28)14-21(24)23-18-36-6-3-19(13-26(36)32-23)33-9-11-34(12-10-33)20-16-30-27(31-17-20)35-7-4-29-5-8-35/h3,6,13-18,29H,4-5,7-12H2,1-2H3. The Kier molecular flexibility index (Phi) is 6.82. The van der Waals surface area contributed by atoms with Gasteiger partial charge in [-0.05, 0) is 12.1 Å². The molecule has 2 aliphatic heterocycles. The molecule has 0 radical (unpaired) electrons. The summed E-state index contributed by atoms with van der Waals surface area (Å²) in [7, 11) is 3.22. The summed E-state index contributed by atoms with van der Waals surface area (Å²) in [6.07, 6.45) is 7.95.